The molecule has 24 heavy (non-hydrogen) atoms. The van der Waals surface area contributed by atoms with Crippen LogP contribution in [0.4, 0.5) is 0 Å². The Kier molecular flexibility index (Phi) is 7.20. The molecule has 0 saturated heterocycles. The highest BCUT2D eigenvalue weighted by atomic mass is 16.5. The maximum atomic E-state index is 11.3. The normalized spacial score (nSPS) is 12.1. The third-order valence-corrected chi connectivity index (χ3v) is 4.26. The molecule has 2 nitrogen and oxygen atoms in total. The second-order valence-electron chi connectivity index (χ2n) is 6.40. The molecule has 1 unspecified atom stereocenters. The highest BCUT2D eigenvalue weighted by molar-refractivity contribution is 5.94. The molecule has 0 fully saturated rings. The van der Waals surface area contributed by atoms with Crippen molar-refractivity contribution < 1.29 is 9.53 Å². The molecule has 2 aromatic rings. The number of rotatable bonds is 9. The maximum absolute atomic E-state index is 11.3. The molecule has 128 valence electrons. The average Bonchev–Trinajstić information content (AvgIpc) is 2.60. The van der Waals surface area contributed by atoms with Crippen molar-refractivity contribution >= 4 is 5.78 Å². The molecule has 1 atom stereocenters. The van der Waals surface area contributed by atoms with Crippen molar-refractivity contribution in [2.75, 3.05) is 6.61 Å². The lowest BCUT2D eigenvalue weighted by Crippen LogP contribution is -2.09. The van der Waals surface area contributed by atoms with Gasteiger partial charge in [0.1, 0.15) is 0 Å². The van der Waals surface area contributed by atoms with Gasteiger partial charge in [0.25, 0.3) is 0 Å². The molecule has 0 aromatic heterocycles. The van der Waals surface area contributed by atoms with E-state index in [4.69, 9.17) is 4.74 Å². The van der Waals surface area contributed by atoms with E-state index in [1.54, 1.807) is 6.92 Å². The van der Waals surface area contributed by atoms with E-state index in [-0.39, 0.29) is 5.78 Å². The van der Waals surface area contributed by atoms with Gasteiger partial charge >= 0.3 is 0 Å². The number of Topliss-reactive ketones (excluding diaryl/α,β-unsaturated/α-hetero) is 1. The Morgan fingerprint density at radius 2 is 1.58 bits per heavy atom. The van der Waals surface area contributed by atoms with Crippen LogP contribution in [0.3, 0.4) is 0 Å². The molecule has 0 aliphatic rings. The minimum Gasteiger partial charge on any atom is -0.379 e. The summed E-state index contributed by atoms with van der Waals surface area (Å²) in [7, 11) is 0. The van der Waals surface area contributed by atoms with Crippen LogP contribution < -0.4 is 0 Å². The zero-order valence-electron chi connectivity index (χ0n) is 15.0. The van der Waals surface area contributed by atoms with E-state index in [2.05, 4.69) is 38.1 Å². The van der Waals surface area contributed by atoms with Crippen LogP contribution in [0.1, 0.15) is 56.0 Å². The predicted molar refractivity (Wildman–Crippen MR) is 101 cm³/mol. The van der Waals surface area contributed by atoms with Gasteiger partial charge < -0.3 is 4.74 Å². The molecular formula is C22H28O2. The molecule has 2 rings (SSSR count). The van der Waals surface area contributed by atoms with Crippen molar-refractivity contribution in [1.82, 2.24) is 0 Å². The van der Waals surface area contributed by atoms with Gasteiger partial charge in [0.2, 0.25) is 0 Å². The molecule has 0 spiro atoms. The number of benzene rings is 2. The quantitative estimate of drug-likeness (QED) is 0.553. The van der Waals surface area contributed by atoms with Gasteiger partial charge in [-0.1, -0.05) is 55.5 Å². The van der Waals surface area contributed by atoms with E-state index in [0.717, 1.165) is 43.4 Å². The van der Waals surface area contributed by atoms with Crippen molar-refractivity contribution in [2.45, 2.75) is 52.6 Å². The van der Waals surface area contributed by atoms with Gasteiger partial charge in [0.05, 0.1) is 6.10 Å². The summed E-state index contributed by atoms with van der Waals surface area (Å²) in [6.07, 6.45) is 4.78. The molecule has 0 aliphatic carbocycles. The van der Waals surface area contributed by atoms with Gasteiger partial charge in [-0.05, 0) is 56.2 Å². The minimum atomic E-state index is 0.106. The number of hydrogen-bond acceptors (Lipinski definition) is 2. The van der Waals surface area contributed by atoms with Crippen LogP contribution in [-0.4, -0.2) is 18.5 Å². The number of carbonyl (C=O) groups excluding carboxylic acids is 1. The first-order valence-electron chi connectivity index (χ1n) is 8.92. The van der Waals surface area contributed by atoms with Gasteiger partial charge in [0.15, 0.2) is 5.78 Å². The monoisotopic (exact) mass is 324 g/mol. The van der Waals surface area contributed by atoms with Gasteiger partial charge in [-0.15, -0.1) is 0 Å². The molecule has 0 heterocycles. The second-order valence-corrected chi connectivity index (χ2v) is 6.40. The van der Waals surface area contributed by atoms with Crippen molar-refractivity contribution in [1.29, 1.82) is 0 Å². The fraction of sp³-hybridized carbons (Fsp3) is 0.409. The number of hydrogen-bond donors (Lipinski definition) is 0. The highest BCUT2D eigenvalue weighted by Gasteiger charge is 2.04. The first kappa shape index (κ1) is 18.4. The van der Waals surface area contributed by atoms with Gasteiger partial charge in [0, 0.05) is 12.2 Å². The average molecular weight is 324 g/mol. The molecule has 2 aromatic carbocycles. The zero-order chi connectivity index (χ0) is 17.4. The van der Waals surface area contributed by atoms with E-state index in [9.17, 15) is 4.79 Å². The molecule has 0 amide bonds. The Morgan fingerprint density at radius 1 is 1.00 bits per heavy atom. The van der Waals surface area contributed by atoms with Crippen LogP contribution in [-0.2, 0) is 11.2 Å². The Labute approximate surface area is 145 Å². The summed E-state index contributed by atoms with van der Waals surface area (Å²) in [5, 5.41) is 0. The Morgan fingerprint density at radius 3 is 2.12 bits per heavy atom. The number of carbonyl (C=O) groups is 1. The van der Waals surface area contributed by atoms with E-state index in [1.807, 2.05) is 24.3 Å². The summed E-state index contributed by atoms with van der Waals surface area (Å²) in [6, 6.07) is 16.5. The Hall–Kier alpha value is -1.93. The Bertz CT molecular complexity index is 626. The summed E-state index contributed by atoms with van der Waals surface area (Å²) >= 11 is 0. The number of ether oxygens (including phenoxy) is 1. The SMILES string of the molecule is CCCOC(C)CCCc1ccc(-c2ccc(C(C)=O)cc2)cc1. The van der Waals surface area contributed by atoms with Gasteiger partial charge in [-0.2, -0.15) is 0 Å². The predicted octanol–water partition coefficient (Wildman–Crippen LogP) is 5.69. The highest BCUT2D eigenvalue weighted by Crippen LogP contribution is 2.21. The third kappa shape index (κ3) is 5.61. The van der Waals surface area contributed by atoms with Crippen LogP contribution in [0.5, 0.6) is 0 Å². The third-order valence-electron chi connectivity index (χ3n) is 4.26. The van der Waals surface area contributed by atoms with Crippen LogP contribution in [0, 0.1) is 0 Å². The fourth-order valence-corrected chi connectivity index (χ4v) is 2.76. The molecule has 0 saturated carbocycles. The lowest BCUT2D eigenvalue weighted by molar-refractivity contribution is 0.0595. The minimum absolute atomic E-state index is 0.106. The van der Waals surface area contributed by atoms with Crippen molar-refractivity contribution in [2.24, 2.45) is 0 Å². The van der Waals surface area contributed by atoms with Gasteiger partial charge in [-0.3, -0.25) is 4.79 Å². The number of ketones is 1. The second kappa shape index (κ2) is 9.39. The van der Waals surface area contributed by atoms with E-state index < -0.39 is 0 Å². The molecule has 2 heteroatoms. The maximum Gasteiger partial charge on any atom is 0.159 e. The number of aryl methyl sites for hydroxylation is 1. The largest absolute Gasteiger partial charge is 0.379 e. The summed E-state index contributed by atoms with van der Waals surface area (Å²) in [5.74, 6) is 0.106. The van der Waals surface area contributed by atoms with E-state index in [0.29, 0.717) is 6.10 Å². The first-order valence-corrected chi connectivity index (χ1v) is 8.92. The molecule has 0 aliphatic heterocycles. The Balaban J connectivity index is 1.87. The zero-order valence-corrected chi connectivity index (χ0v) is 15.0. The molecular weight excluding hydrogens is 296 g/mol. The van der Waals surface area contributed by atoms with Crippen molar-refractivity contribution in [3.05, 3.63) is 59.7 Å². The van der Waals surface area contributed by atoms with Crippen molar-refractivity contribution in [3.63, 3.8) is 0 Å². The van der Waals surface area contributed by atoms with Gasteiger partial charge in [-0.25, -0.2) is 0 Å². The lowest BCUT2D eigenvalue weighted by atomic mass is 10.00. The summed E-state index contributed by atoms with van der Waals surface area (Å²) in [4.78, 5) is 11.3. The smallest absolute Gasteiger partial charge is 0.159 e. The lowest BCUT2D eigenvalue weighted by Gasteiger charge is -2.12. The molecule has 0 bridgehead atoms. The summed E-state index contributed by atoms with van der Waals surface area (Å²) in [5.41, 5.74) is 4.46. The summed E-state index contributed by atoms with van der Waals surface area (Å²) in [6.45, 7) is 6.75. The topological polar surface area (TPSA) is 26.3 Å². The van der Waals surface area contributed by atoms with E-state index in [1.165, 1.54) is 11.1 Å². The van der Waals surface area contributed by atoms with Crippen LogP contribution in [0.25, 0.3) is 11.1 Å². The first-order chi connectivity index (χ1) is 11.6. The van der Waals surface area contributed by atoms with Crippen LogP contribution in [0.2, 0.25) is 0 Å². The van der Waals surface area contributed by atoms with Crippen LogP contribution in [0.15, 0.2) is 48.5 Å². The fourth-order valence-electron chi connectivity index (χ4n) is 2.76. The molecule has 0 radical (unpaired) electrons. The van der Waals surface area contributed by atoms with Crippen molar-refractivity contribution in [3.8, 4) is 11.1 Å². The molecule has 0 N–H and O–H groups in total. The van der Waals surface area contributed by atoms with E-state index >= 15 is 0 Å². The summed E-state index contributed by atoms with van der Waals surface area (Å²) < 4.78 is 5.71. The standard InChI is InChI=1S/C22H28O2/c1-4-16-24-17(2)6-5-7-19-8-10-21(11-9-19)22-14-12-20(13-15-22)18(3)23/h8-15,17H,4-7,16H2,1-3H3. The van der Waals surface area contributed by atoms with Crippen LogP contribution >= 0.6 is 0 Å².